The number of rotatable bonds is 7. The van der Waals surface area contributed by atoms with Crippen LogP contribution in [-0.4, -0.2) is 28.7 Å². The molecular weight excluding hydrogens is 268 g/mol. The second-order valence-electron chi connectivity index (χ2n) is 5.81. The molecule has 0 bridgehead atoms. The lowest BCUT2D eigenvalue weighted by Gasteiger charge is -2.27. The van der Waals surface area contributed by atoms with E-state index in [2.05, 4.69) is 10.6 Å². The maximum atomic E-state index is 12.0. The zero-order chi connectivity index (χ0) is 15.9. The average Bonchev–Trinajstić information content (AvgIpc) is 2.38. The van der Waals surface area contributed by atoms with Crippen LogP contribution < -0.4 is 10.6 Å². The minimum atomic E-state index is -1.04. The van der Waals surface area contributed by atoms with Crippen molar-refractivity contribution in [3.63, 3.8) is 0 Å². The van der Waals surface area contributed by atoms with E-state index in [1.807, 2.05) is 51.1 Å². The Bertz CT molecular complexity index is 472. The highest BCUT2D eigenvalue weighted by Crippen LogP contribution is 2.10. The van der Waals surface area contributed by atoms with Gasteiger partial charge in [0.2, 0.25) is 0 Å². The molecule has 0 fully saturated rings. The smallest absolute Gasteiger partial charge is 0.326 e. The molecule has 21 heavy (non-hydrogen) atoms. The number of benzene rings is 1. The molecule has 5 nitrogen and oxygen atoms in total. The van der Waals surface area contributed by atoms with Crippen molar-refractivity contribution in [2.45, 2.75) is 51.6 Å². The molecule has 5 heteroatoms. The van der Waals surface area contributed by atoms with E-state index in [0.717, 1.165) is 18.4 Å². The van der Waals surface area contributed by atoms with E-state index >= 15 is 0 Å². The maximum absolute atomic E-state index is 12.0. The SMILES string of the molecule is CCCC(C)(C)NC(=O)NC(Cc1ccccc1)C(=O)O. The van der Waals surface area contributed by atoms with Crippen molar-refractivity contribution in [1.29, 1.82) is 0 Å². The summed E-state index contributed by atoms with van der Waals surface area (Å²) in [5, 5.41) is 14.6. The molecule has 2 amide bonds. The fourth-order valence-corrected chi connectivity index (χ4v) is 2.24. The van der Waals surface area contributed by atoms with Crippen molar-refractivity contribution in [2.75, 3.05) is 0 Å². The minimum absolute atomic E-state index is 0.262. The number of hydrogen-bond acceptors (Lipinski definition) is 2. The Hall–Kier alpha value is -2.04. The summed E-state index contributed by atoms with van der Waals surface area (Å²) in [6, 6.07) is 7.86. The van der Waals surface area contributed by atoms with Gasteiger partial charge in [0.25, 0.3) is 0 Å². The molecule has 1 atom stereocenters. The van der Waals surface area contributed by atoms with Crippen LogP contribution in [0.25, 0.3) is 0 Å². The molecule has 116 valence electrons. The van der Waals surface area contributed by atoms with Crippen molar-refractivity contribution in [3.05, 3.63) is 35.9 Å². The first kappa shape index (κ1) is 17.0. The van der Waals surface area contributed by atoms with E-state index < -0.39 is 18.0 Å². The minimum Gasteiger partial charge on any atom is -0.480 e. The van der Waals surface area contributed by atoms with Crippen LogP contribution >= 0.6 is 0 Å². The Kier molecular flexibility index (Phi) is 6.21. The molecule has 3 N–H and O–H groups in total. The van der Waals surface area contributed by atoms with Crippen LogP contribution in [0.4, 0.5) is 4.79 Å². The van der Waals surface area contributed by atoms with Crippen LogP contribution in [0, 0.1) is 0 Å². The number of carbonyl (C=O) groups excluding carboxylic acids is 1. The molecule has 1 aromatic rings. The summed E-state index contributed by atoms with van der Waals surface area (Å²) in [5.74, 6) is -1.04. The summed E-state index contributed by atoms with van der Waals surface area (Å²) in [4.78, 5) is 23.2. The molecule has 0 spiro atoms. The van der Waals surface area contributed by atoms with E-state index in [1.54, 1.807) is 0 Å². The third-order valence-corrected chi connectivity index (χ3v) is 3.21. The Balaban J connectivity index is 2.62. The van der Waals surface area contributed by atoms with Gasteiger partial charge in [0.05, 0.1) is 0 Å². The number of aliphatic carboxylic acids is 1. The lowest BCUT2D eigenvalue weighted by atomic mass is 9.99. The molecule has 0 aromatic heterocycles. The molecular formula is C16H24N2O3. The highest BCUT2D eigenvalue weighted by molar-refractivity contribution is 5.83. The predicted molar refractivity (Wildman–Crippen MR) is 82.2 cm³/mol. The van der Waals surface area contributed by atoms with E-state index in [0.29, 0.717) is 0 Å². The summed E-state index contributed by atoms with van der Waals surface area (Å²) in [6.07, 6.45) is 2.04. The first-order valence-corrected chi connectivity index (χ1v) is 7.19. The molecule has 0 aliphatic carbocycles. The molecule has 0 saturated heterocycles. The number of hydrogen-bond donors (Lipinski definition) is 3. The maximum Gasteiger partial charge on any atom is 0.326 e. The van der Waals surface area contributed by atoms with E-state index in [4.69, 9.17) is 0 Å². The van der Waals surface area contributed by atoms with Crippen molar-refractivity contribution in [2.24, 2.45) is 0 Å². The van der Waals surface area contributed by atoms with Gasteiger partial charge in [0, 0.05) is 12.0 Å². The number of nitrogens with one attached hydrogen (secondary N) is 2. The normalized spacial score (nSPS) is 12.5. The molecule has 0 radical (unpaired) electrons. The number of carboxylic acids is 1. The van der Waals surface area contributed by atoms with Crippen LogP contribution in [0.15, 0.2) is 30.3 Å². The van der Waals surface area contributed by atoms with Crippen molar-refractivity contribution < 1.29 is 14.7 Å². The van der Waals surface area contributed by atoms with Crippen molar-refractivity contribution in [3.8, 4) is 0 Å². The predicted octanol–water partition coefficient (Wildman–Crippen LogP) is 2.56. The van der Waals surface area contributed by atoms with Crippen molar-refractivity contribution >= 4 is 12.0 Å². The largest absolute Gasteiger partial charge is 0.480 e. The van der Waals surface area contributed by atoms with Crippen LogP contribution in [0.2, 0.25) is 0 Å². The molecule has 1 rings (SSSR count). The van der Waals surface area contributed by atoms with E-state index in [9.17, 15) is 14.7 Å². The number of carboxylic acid groups (broad SMARTS) is 1. The molecule has 0 heterocycles. The van der Waals surface area contributed by atoms with E-state index in [-0.39, 0.29) is 12.0 Å². The lowest BCUT2D eigenvalue weighted by molar-refractivity contribution is -0.139. The van der Waals surface area contributed by atoms with Crippen LogP contribution in [0.5, 0.6) is 0 Å². The Labute approximate surface area is 125 Å². The summed E-state index contributed by atoms with van der Waals surface area (Å²) in [5.41, 5.74) is 0.521. The van der Waals surface area contributed by atoms with Gasteiger partial charge in [-0.1, -0.05) is 43.7 Å². The summed E-state index contributed by atoms with van der Waals surface area (Å²) in [7, 11) is 0. The van der Waals surface area contributed by atoms with Gasteiger partial charge in [0.15, 0.2) is 0 Å². The van der Waals surface area contributed by atoms with Gasteiger partial charge in [-0.25, -0.2) is 9.59 Å². The number of urea groups is 1. The van der Waals surface area contributed by atoms with Gasteiger partial charge in [-0.2, -0.15) is 0 Å². The Morgan fingerprint density at radius 1 is 1.24 bits per heavy atom. The lowest BCUT2D eigenvalue weighted by Crippen LogP contribution is -2.53. The molecule has 1 unspecified atom stereocenters. The third-order valence-electron chi connectivity index (χ3n) is 3.21. The summed E-state index contributed by atoms with van der Waals surface area (Å²) < 4.78 is 0. The second kappa shape index (κ2) is 7.67. The zero-order valence-electron chi connectivity index (χ0n) is 12.8. The van der Waals surface area contributed by atoms with Crippen LogP contribution in [0.1, 0.15) is 39.2 Å². The van der Waals surface area contributed by atoms with Gasteiger partial charge < -0.3 is 15.7 Å². The quantitative estimate of drug-likeness (QED) is 0.722. The second-order valence-corrected chi connectivity index (χ2v) is 5.81. The molecule has 0 aliphatic rings. The Morgan fingerprint density at radius 3 is 2.38 bits per heavy atom. The van der Waals surface area contributed by atoms with Crippen LogP contribution in [-0.2, 0) is 11.2 Å². The van der Waals surface area contributed by atoms with Crippen molar-refractivity contribution in [1.82, 2.24) is 10.6 Å². The highest BCUT2D eigenvalue weighted by Gasteiger charge is 2.24. The Morgan fingerprint density at radius 2 is 1.86 bits per heavy atom. The standard InChI is InChI=1S/C16H24N2O3/c1-4-10-16(2,3)18-15(21)17-13(14(19)20)11-12-8-6-5-7-9-12/h5-9,13H,4,10-11H2,1-3H3,(H,19,20)(H2,17,18,21). The van der Waals surface area contributed by atoms with Gasteiger partial charge in [-0.05, 0) is 25.8 Å². The first-order chi connectivity index (χ1) is 9.84. The highest BCUT2D eigenvalue weighted by atomic mass is 16.4. The molecule has 0 saturated carbocycles. The summed E-state index contributed by atoms with van der Waals surface area (Å²) in [6.45, 7) is 5.88. The zero-order valence-corrected chi connectivity index (χ0v) is 12.8. The topological polar surface area (TPSA) is 78.4 Å². The monoisotopic (exact) mass is 292 g/mol. The van der Waals surface area contributed by atoms with Gasteiger partial charge in [0.1, 0.15) is 6.04 Å². The number of amides is 2. The van der Waals surface area contributed by atoms with Gasteiger partial charge in [-0.15, -0.1) is 0 Å². The average molecular weight is 292 g/mol. The fourth-order valence-electron chi connectivity index (χ4n) is 2.24. The number of carbonyl (C=O) groups is 2. The van der Waals surface area contributed by atoms with Gasteiger partial charge >= 0.3 is 12.0 Å². The van der Waals surface area contributed by atoms with Crippen LogP contribution in [0.3, 0.4) is 0 Å². The van der Waals surface area contributed by atoms with Gasteiger partial charge in [-0.3, -0.25) is 0 Å². The summed E-state index contributed by atoms with van der Waals surface area (Å²) >= 11 is 0. The fraction of sp³-hybridized carbons (Fsp3) is 0.500. The molecule has 0 aliphatic heterocycles. The first-order valence-electron chi connectivity index (χ1n) is 7.19. The molecule has 1 aromatic carbocycles. The van der Waals surface area contributed by atoms with E-state index in [1.165, 1.54) is 0 Å². The third kappa shape index (κ3) is 6.29.